The Morgan fingerprint density at radius 1 is 0.805 bits per heavy atom. The molecule has 1 fully saturated rings. The second-order valence-electron chi connectivity index (χ2n) is 9.98. The molecule has 14 heteroatoms. The van der Waals surface area contributed by atoms with Gasteiger partial charge in [-0.15, -0.1) is 0 Å². The molecule has 6 unspecified atom stereocenters. The first kappa shape index (κ1) is 37.4. The van der Waals surface area contributed by atoms with Crippen molar-refractivity contribution in [3.05, 3.63) is 24.3 Å². The van der Waals surface area contributed by atoms with Gasteiger partial charge in [0.05, 0.1) is 6.61 Å². The number of phosphoric ester groups is 1. The normalized spacial score (nSPS) is 27.1. The Kier molecular flexibility index (Phi) is 18.5. The van der Waals surface area contributed by atoms with Crippen LogP contribution >= 0.6 is 7.82 Å². The second-order valence-corrected chi connectivity index (χ2v) is 11.4. The molecule has 41 heavy (non-hydrogen) atoms. The van der Waals surface area contributed by atoms with Crippen LogP contribution < -0.4 is 0 Å². The van der Waals surface area contributed by atoms with Crippen LogP contribution in [-0.4, -0.2) is 98.3 Å². The SMILES string of the molecule is CCC/C=C\C/C=C\CCCCCCCC(=O)OC(COC(C)=O)COP(=O)(O)OC1C(O)C(O)C(O)C(O)C1O. The number of carbonyl (C=O) groups is 2. The Morgan fingerprint density at radius 3 is 1.98 bits per heavy atom. The number of ether oxygens (including phenoxy) is 2. The average Bonchev–Trinajstić information content (AvgIpc) is 2.93. The number of hydrogen-bond acceptors (Lipinski definition) is 12. The monoisotopic (exact) mass is 610 g/mol. The lowest BCUT2D eigenvalue weighted by Gasteiger charge is -2.41. The molecule has 0 aromatic heterocycles. The number of allylic oxidation sites excluding steroid dienone is 4. The van der Waals surface area contributed by atoms with Crippen LogP contribution in [0.3, 0.4) is 0 Å². The highest BCUT2D eigenvalue weighted by Crippen LogP contribution is 2.47. The quantitative estimate of drug-likeness (QED) is 0.0503. The number of aliphatic hydroxyl groups excluding tert-OH is 5. The maximum atomic E-state index is 12.4. The van der Waals surface area contributed by atoms with Crippen molar-refractivity contribution in [2.75, 3.05) is 13.2 Å². The van der Waals surface area contributed by atoms with Crippen LogP contribution in [0.1, 0.15) is 78.1 Å². The minimum atomic E-state index is -5.07. The highest BCUT2D eigenvalue weighted by Gasteiger charge is 2.51. The molecule has 1 aliphatic carbocycles. The molecule has 0 radical (unpaired) electrons. The van der Waals surface area contributed by atoms with Crippen LogP contribution in [0.25, 0.3) is 0 Å². The maximum Gasteiger partial charge on any atom is 0.472 e. The molecule has 0 saturated heterocycles. The molecule has 1 rings (SSSR count). The number of hydrogen-bond donors (Lipinski definition) is 6. The van der Waals surface area contributed by atoms with Crippen molar-refractivity contribution in [3.63, 3.8) is 0 Å². The standard InChI is InChI=1S/C27H47O13P/c1-3-4-5-6-7-8-9-10-11-12-13-14-15-16-21(29)39-20(17-37-19(2)28)18-38-41(35,36)40-27-25(33)23(31)22(30)24(32)26(27)34/h5-6,8-9,20,22-27,30-34H,3-4,7,10-18H2,1-2H3,(H,35,36)/b6-5-,9-8-. The summed E-state index contributed by atoms with van der Waals surface area (Å²) in [5, 5.41) is 49.1. The van der Waals surface area contributed by atoms with E-state index in [1.165, 1.54) is 0 Å². The van der Waals surface area contributed by atoms with Crippen LogP contribution in [0.4, 0.5) is 0 Å². The lowest BCUT2D eigenvalue weighted by atomic mass is 9.85. The lowest BCUT2D eigenvalue weighted by Crippen LogP contribution is -2.64. The largest absolute Gasteiger partial charge is 0.472 e. The summed E-state index contributed by atoms with van der Waals surface area (Å²) in [5.41, 5.74) is 0. The van der Waals surface area contributed by atoms with Gasteiger partial charge >= 0.3 is 19.8 Å². The number of rotatable bonds is 20. The summed E-state index contributed by atoms with van der Waals surface area (Å²) < 4.78 is 32.0. The third kappa shape index (κ3) is 15.4. The van der Waals surface area contributed by atoms with Gasteiger partial charge < -0.3 is 39.9 Å². The lowest BCUT2D eigenvalue weighted by molar-refractivity contribution is -0.220. The first-order valence-corrected chi connectivity index (χ1v) is 15.6. The smallest absolute Gasteiger partial charge is 0.462 e. The van der Waals surface area contributed by atoms with Crippen molar-refractivity contribution in [1.82, 2.24) is 0 Å². The predicted octanol–water partition coefficient (Wildman–Crippen LogP) is 1.81. The second kappa shape index (κ2) is 20.3. The maximum absolute atomic E-state index is 12.4. The fraction of sp³-hybridized carbons (Fsp3) is 0.778. The van der Waals surface area contributed by atoms with E-state index in [1.54, 1.807) is 0 Å². The Labute approximate surface area is 241 Å². The van der Waals surface area contributed by atoms with Crippen molar-refractivity contribution in [1.29, 1.82) is 0 Å². The van der Waals surface area contributed by atoms with Crippen LogP contribution in [0.2, 0.25) is 0 Å². The summed E-state index contributed by atoms with van der Waals surface area (Å²) in [6, 6.07) is 0. The summed E-state index contributed by atoms with van der Waals surface area (Å²) in [6.07, 6.45) is 4.16. The van der Waals surface area contributed by atoms with E-state index in [0.717, 1.165) is 58.3 Å². The van der Waals surface area contributed by atoms with Crippen molar-refractivity contribution in [2.24, 2.45) is 0 Å². The van der Waals surface area contributed by atoms with Crippen LogP contribution in [0, 0.1) is 0 Å². The van der Waals surface area contributed by atoms with Gasteiger partial charge in [0.25, 0.3) is 0 Å². The Balaban J connectivity index is 2.43. The summed E-state index contributed by atoms with van der Waals surface area (Å²) in [5.74, 6) is -1.32. The first-order valence-electron chi connectivity index (χ1n) is 14.1. The number of phosphoric acid groups is 1. The fourth-order valence-electron chi connectivity index (χ4n) is 3.99. The van der Waals surface area contributed by atoms with Crippen LogP contribution in [0.15, 0.2) is 24.3 Å². The van der Waals surface area contributed by atoms with E-state index in [0.29, 0.717) is 6.42 Å². The molecule has 0 aromatic rings. The third-order valence-electron chi connectivity index (χ3n) is 6.33. The average molecular weight is 611 g/mol. The zero-order valence-electron chi connectivity index (χ0n) is 23.8. The Morgan fingerprint density at radius 2 is 1.37 bits per heavy atom. The van der Waals surface area contributed by atoms with E-state index >= 15 is 0 Å². The predicted molar refractivity (Wildman–Crippen MR) is 147 cm³/mol. The van der Waals surface area contributed by atoms with E-state index < -0.39 is 75.7 Å². The minimum Gasteiger partial charge on any atom is -0.462 e. The summed E-state index contributed by atoms with van der Waals surface area (Å²) >= 11 is 0. The number of esters is 2. The first-order chi connectivity index (χ1) is 19.4. The molecule has 6 N–H and O–H groups in total. The van der Waals surface area contributed by atoms with Gasteiger partial charge in [0.2, 0.25) is 0 Å². The fourth-order valence-corrected chi connectivity index (χ4v) is 4.96. The van der Waals surface area contributed by atoms with Crippen molar-refractivity contribution >= 4 is 19.8 Å². The highest BCUT2D eigenvalue weighted by molar-refractivity contribution is 7.47. The van der Waals surface area contributed by atoms with Crippen molar-refractivity contribution < 1.29 is 63.1 Å². The van der Waals surface area contributed by atoms with Crippen molar-refractivity contribution in [2.45, 2.75) is 121 Å². The molecule has 0 heterocycles. The van der Waals surface area contributed by atoms with Gasteiger partial charge in [0, 0.05) is 13.3 Å². The molecule has 0 aromatic carbocycles. The van der Waals surface area contributed by atoms with Gasteiger partial charge in [-0.2, -0.15) is 0 Å². The summed E-state index contributed by atoms with van der Waals surface area (Å²) in [7, 11) is -5.07. The van der Waals surface area contributed by atoms with Gasteiger partial charge in [0.1, 0.15) is 43.2 Å². The molecule has 0 aliphatic heterocycles. The van der Waals surface area contributed by atoms with Gasteiger partial charge in [-0.05, 0) is 32.1 Å². The van der Waals surface area contributed by atoms with Crippen molar-refractivity contribution in [3.8, 4) is 0 Å². The van der Waals surface area contributed by atoms with Gasteiger partial charge in [0.15, 0.2) is 6.10 Å². The minimum absolute atomic E-state index is 0.0758. The molecular formula is C27H47O13P. The molecular weight excluding hydrogens is 563 g/mol. The molecule has 0 bridgehead atoms. The van der Waals surface area contributed by atoms with E-state index in [9.17, 15) is 44.6 Å². The number of unbranched alkanes of at least 4 members (excludes halogenated alkanes) is 6. The van der Waals surface area contributed by atoms with E-state index in [2.05, 4.69) is 31.2 Å². The van der Waals surface area contributed by atoms with Gasteiger partial charge in [-0.3, -0.25) is 18.6 Å². The van der Waals surface area contributed by atoms with Gasteiger partial charge in [-0.1, -0.05) is 56.9 Å². The van der Waals surface area contributed by atoms with E-state index in [1.807, 2.05) is 0 Å². The molecule has 6 atom stereocenters. The summed E-state index contributed by atoms with van der Waals surface area (Å²) in [4.78, 5) is 33.5. The molecule has 1 aliphatic rings. The highest BCUT2D eigenvalue weighted by atomic mass is 31.2. The Bertz CT molecular complexity index is 848. The molecule has 238 valence electrons. The van der Waals surface area contributed by atoms with Gasteiger partial charge in [-0.25, -0.2) is 4.57 Å². The molecule has 0 spiro atoms. The number of carbonyl (C=O) groups excluding carboxylic acids is 2. The van der Waals surface area contributed by atoms with Crippen LogP contribution in [-0.2, 0) is 32.7 Å². The van der Waals surface area contributed by atoms with E-state index in [4.69, 9.17) is 18.5 Å². The molecule has 0 amide bonds. The zero-order chi connectivity index (χ0) is 30.8. The third-order valence-corrected chi connectivity index (χ3v) is 7.32. The van der Waals surface area contributed by atoms with E-state index in [-0.39, 0.29) is 6.42 Å². The molecule has 13 nitrogen and oxygen atoms in total. The Hall–Kier alpha value is -1.67. The summed E-state index contributed by atoms with van der Waals surface area (Å²) in [6.45, 7) is 2.05. The number of aliphatic hydroxyl groups is 5. The van der Waals surface area contributed by atoms with Crippen LogP contribution in [0.5, 0.6) is 0 Å². The molecule has 1 saturated carbocycles. The topological polar surface area (TPSA) is 210 Å². The zero-order valence-corrected chi connectivity index (χ0v) is 24.7.